The zero-order valence-electron chi connectivity index (χ0n) is 19.3. The van der Waals surface area contributed by atoms with Gasteiger partial charge in [0.25, 0.3) is 0 Å². The number of hydrogen-bond acceptors (Lipinski definition) is 4. The van der Waals surface area contributed by atoms with E-state index in [0.29, 0.717) is 37.3 Å². The Morgan fingerprint density at radius 1 is 0.971 bits per heavy atom. The summed E-state index contributed by atoms with van der Waals surface area (Å²) in [6, 6.07) is 18.1. The first-order valence-corrected chi connectivity index (χ1v) is 13.1. The van der Waals surface area contributed by atoms with Crippen molar-refractivity contribution < 1.29 is 21.9 Å². The molecule has 35 heavy (non-hydrogen) atoms. The second-order valence-electron chi connectivity index (χ2n) is 8.62. The lowest BCUT2D eigenvalue weighted by atomic mass is 10.1. The normalized spacial score (nSPS) is 16.3. The summed E-state index contributed by atoms with van der Waals surface area (Å²) in [6.07, 6.45) is -0.245. The van der Waals surface area contributed by atoms with E-state index in [4.69, 9.17) is 16.3 Å². The lowest BCUT2D eigenvalue weighted by molar-refractivity contribution is 0.00770. The quantitative estimate of drug-likeness (QED) is 0.410. The molecule has 186 valence electrons. The van der Waals surface area contributed by atoms with Gasteiger partial charge in [0.15, 0.2) is 0 Å². The number of nitrogens with zero attached hydrogens (tertiary/aromatic N) is 2. The van der Waals surface area contributed by atoms with Gasteiger partial charge in [-0.25, -0.2) is 17.2 Å². The van der Waals surface area contributed by atoms with E-state index in [1.165, 1.54) is 4.31 Å². The molecule has 1 aliphatic heterocycles. The van der Waals surface area contributed by atoms with Crippen LogP contribution in [0.2, 0.25) is 5.02 Å². The number of sulfonamides is 1. The van der Waals surface area contributed by atoms with Gasteiger partial charge < -0.3 is 4.74 Å². The monoisotopic (exact) mass is 520 g/mol. The predicted molar refractivity (Wildman–Crippen MR) is 132 cm³/mol. The first-order chi connectivity index (χ1) is 16.7. The van der Waals surface area contributed by atoms with Crippen LogP contribution in [-0.4, -0.2) is 50.3 Å². The highest BCUT2D eigenvalue weighted by molar-refractivity contribution is 7.89. The number of hydrogen-bond donors (Lipinski definition) is 0. The van der Waals surface area contributed by atoms with Gasteiger partial charge in [0, 0.05) is 43.8 Å². The van der Waals surface area contributed by atoms with Crippen LogP contribution < -0.4 is 0 Å². The third-order valence-corrected chi connectivity index (χ3v) is 8.23. The lowest BCUT2D eigenvalue weighted by Gasteiger charge is -2.36. The molecular formula is C26H27ClF2N2O3S. The van der Waals surface area contributed by atoms with E-state index in [2.05, 4.69) is 11.0 Å². The van der Waals surface area contributed by atoms with Gasteiger partial charge in [-0.3, -0.25) is 4.90 Å². The van der Waals surface area contributed by atoms with Crippen LogP contribution in [0.5, 0.6) is 0 Å². The molecule has 0 bridgehead atoms. The Kier molecular flexibility index (Phi) is 8.19. The van der Waals surface area contributed by atoms with E-state index in [9.17, 15) is 17.2 Å². The van der Waals surface area contributed by atoms with Gasteiger partial charge in [-0.2, -0.15) is 4.31 Å². The second-order valence-corrected chi connectivity index (χ2v) is 11.0. The van der Waals surface area contributed by atoms with Crippen molar-refractivity contribution >= 4 is 21.6 Å². The Hall–Kier alpha value is -2.36. The van der Waals surface area contributed by atoms with Gasteiger partial charge in [-0.05, 0) is 42.3 Å². The van der Waals surface area contributed by atoms with Crippen LogP contribution in [0, 0.1) is 18.6 Å². The Labute approximate surface area is 209 Å². The molecular weight excluding hydrogens is 494 g/mol. The molecule has 5 nitrogen and oxygen atoms in total. The van der Waals surface area contributed by atoms with Crippen LogP contribution in [0.25, 0.3) is 0 Å². The molecule has 3 aromatic carbocycles. The third kappa shape index (κ3) is 6.45. The predicted octanol–water partition coefficient (Wildman–Crippen LogP) is 5.19. The van der Waals surface area contributed by atoms with E-state index < -0.39 is 26.6 Å². The van der Waals surface area contributed by atoms with Crippen molar-refractivity contribution in [2.45, 2.75) is 24.5 Å². The molecule has 0 aliphatic carbocycles. The maximum atomic E-state index is 14.1. The lowest BCUT2D eigenvalue weighted by Crippen LogP contribution is -2.49. The summed E-state index contributed by atoms with van der Waals surface area (Å²) in [5.74, 6) is -1.90. The van der Waals surface area contributed by atoms with Crippen molar-refractivity contribution in [3.8, 4) is 0 Å². The fourth-order valence-electron chi connectivity index (χ4n) is 4.14. The summed E-state index contributed by atoms with van der Waals surface area (Å²) in [5, 5.41) is 0.637. The third-order valence-electron chi connectivity index (χ3n) is 6.04. The summed E-state index contributed by atoms with van der Waals surface area (Å²) in [6.45, 7) is 4.35. The van der Waals surface area contributed by atoms with Crippen LogP contribution in [0.3, 0.4) is 0 Å². The van der Waals surface area contributed by atoms with Crippen molar-refractivity contribution in [3.63, 3.8) is 0 Å². The molecule has 0 saturated carbocycles. The molecule has 0 amide bonds. The zero-order valence-corrected chi connectivity index (χ0v) is 20.9. The van der Waals surface area contributed by atoms with Crippen LogP contribution >= 0.6 is 11.6 Å². The van der Waals surface area contributed by atoms with Gasteiger partial charge in [-0.15, -0.1) is 0 Å². The largest absolute Gasteiger partial charge is 0.368 e. The SMILES string of the molecule is Cc1cccc(CO[C@@H](CN2CCN(S(=O)(=O)c3ccc(F)cc3F)CC2)c2ccc(Cl)cc2)c1. The first-order valence-electron chi connectivity index (χ1n) is 11.3. The van der Waals surface area contributed by atoms with Crippen molar-refractivity contribution in [1.29, 1.82) is 0 Å². The average Bonchev–Trinajstić information content (AvgIpc) is 2.82. The van der Waals surface area contributed by atoms with Gasteiger partial charge in [0.05, 0.1) is 12.7 Å². The number of aryl methyl sites for hydroxylation is 1. The van der Waals surface area contributed by atoms with E-state index in [-0.39, 0.29) is 19.2 Å². The maximum absolute atomic E-state index is 14.1. The number of benzene rings is 3. The average molecular weight is 521 g/mol. The topological polar surface area (TPSA) is 49.9 Å². The van der Waals surface area contributed by atoms with Gasteiger partial charge in [0.1, 0.15) is 16.5 Å². The number of piperazine rings is 1. The molecule has 1 heterocycles. The summed E-state index contributed by atoms with van der Waals surface area (Å²) < 4.78 is 60.7. The van der Waals surface area contributed by atoms with E-state index in [1.54, 1.807) is 0 Å². The molecule has 1 saturated heterocycles. The van der Waals surface area contributed by atoms with Gasteiger partial charge >= 0.3 is 0 Å². The van der Waals surface area contributed by atoms with Gasteiger partial charge in [0.2, 0.25) is 10.0 Å². The molecule has 4 rings (SSSR count). The number of ether oxygens (including phenoxy) is 1. The van der Waals surface area contributed by atoms with Crippen molar-refractivity contribution in [3.05, 3.63) is 100 Å². The molecule has 0 radical (unpaired) electrons. The second kappa shape index (κ2) is 11.1. The molecule has 0 N–H and O–H groups in total. The van der Waals surface area contributed by atoms with E-state index in [0.717, 1.165) is 28.8 Å². The highest BCUT2D eigenvalue weighted by Crippen LogP contribution is 2.25. The van der Waals surface area contributed by atoms with E-state index >= 15 is 0 Å². The standard InChI is InChI=1S/C26H27ClF2N2O3S/c1-19-3-2-4-20(15-19)18-34-25(21-5-7-22(27)8-6-21)17-30-11-13-31(14-12-30)35(32,33)26-10-9-23(28)16-24(26)29/h2-10,15-16,25H,11-14,17-18H2,1H3/t25-/m0/s1. The highest BCUT2D eigenvalue weighted by Gasteiger charge is 2.31. The van der Waals surface area contributed by atoms with Crippen LogP contribution in [0.1, 0.15) is 22.8 Å². The molecule has 1 atom stereocenters. The van der Waals surface area contributed by atoms with Crippen LogP contribution in [0.4, 0.5) is 8.78 Å². The van der Waals surface area contributed by atoms with Gasteiger partial charge in [-0.1, -0.05) is 53.6 Å². The van der Waals surface area contributed by atoms with E-state index in [1.807, 2.05) is 49.4 Å². The smallest absolute Gasteiger partial charge is 0.246 e. The molecule has 0 spiro atoms. The Morgan fingerprint density at radius 3 is 2.34 bits per heavy atom. The first kappa shape index (κ1) is 25.7. The van der Waals surface area contributed by atoms with Crippen molar-refractivity contribution in [2.24, 2.45) is 0 Å². The fourth-order valence-corrected chi connectivity index (χ4v) is 5.73. The minimum Gasteiger partial charge on any atom is -0.368 e. The summed E-state index contributed by atoms with van der Waals surface area (Å²) in [7, 11) is -4.05. The minimum atomic E-state index is -4.05. The number of rotatable bonds is 8. The Morgan fingerprint density at radius 2 is 1.69 bits per heavy atom. The fraction of sp³-hybridized carbons (Fsp3) is 0.308. The Balaban J connectivity index is 1.43. The van der Waals surface area contributed by atoms with Crippen LogP contribution in [0.15, 0.2) is 71.6 Å². The van der Waals surface area contributed by atoms with Crippen LogP contribution in [-0.2, 0) is 21.4 Å². The molecule has 1 fully saturated rings. The minimum absolute atomic E-state index is 0.199. The van der Waals surface area contributed by atoms with Crippen molar-refractivity contribution in [2.75, 3.05) is 32.7 Å². The highest BCUT2D eigenvalue weighted by atomic mass is 35.5. The molecule has 1 aliphatic rings. The Bertz CT molecular complexity index is 1260. The number of halogens is 3. The summed E-state index contributed by atoms with van der Waals surface area (Å²) >= 11 is 6.07. The van der Waals surface area contributed by atoms with Crippen molar-refractivity contribution in [1.82, 2.24) is 9.21 Å². The molecule has 0 unspecified atom stereocenters. The summed E-state index contributed by atoms with van der Waals surface area (Å²) in [5.41, 5.74) is 3.20. The maximum Gasteiger partial charge on any atom is 0.246 e. The summed E-state index contributed by atoms with van der Waals surface area (Å²) in [4.78, 5) is 1.62. The molecule has 0 aromatic heterocycles. The molecule has 9 heteroatoms. The molecule has 3 aromatic rings. The zero-order chi connectivity index (χ0) is 25.0.